The second-order valence-corrected chi connectivity index (χ2v) is 5.42. The van der Waals surface area contributed by atoms with Crippen molar-refractivity contribution in [2.24, 2.45) is 0 Å². The minimum absolute atomic E-state index is 0.107. The van der Waals surface area contributed by atoms with Gasteiger partial charge in [-0.05, 0) is 49.2 Å². The van der Waals surface area contributed by atoms with Gasteiger partial charge in [0.15, 0.2) is 5.75 Å². The third-order valence-electron chi connectivity index (χ3n) is 3.56. The first-order chi connectivity index (χ1) is 12.0. The van der Waals surface area contributed by atoms with Crippen LogP contribution >= 0.6 is 0 Å². The van der Waals surface area contributed by atoms with Crippen molar-refractivity contribution >= 4 is 17.3 Å². The molecule has 0 atom stereocenters. The molecule has 0 unspecified atom stereocenters. The first-order valence-electron chi connectivity index (χ1n) is 7.83. The van der Waals surface area contributed by atoms with E-state index in [0.717, 1.165) is 17.7 Å². The third-order valence-corrected chi connectivity index (χ3v) is 3.56. The van der Waals surface area contributed by atoms with Crippen LogP contribution in [0.4, 0.5) is 11.4 Å². The highest BCUT2D eigenvalue weighted by molar-refractivity contribution is 6.05. The number of amides is 1. The van der Waals surface area contributed by atoms with Crippen LogP contribution in [0, 0.1) is 17.0 Å². The summed E-state index contributed by atoms with van der Waals surface area (Å²) in [4.78, 5) is 22.9. The first kappa shape index (κ1) is 18.3. The molecular weight excluding hydrogens is 324 g/mol. The van der Waals surface area contributed by atoms with Crippen LogP contribution in [0.1, 0.15) is 29.3 Å². The van der Waals surface area contributed by atoms with E-state index in [2.05, 4.69) is 5.32 Å². The van der Waals surface area contributed by atoms with Crippen molar-refractivity contribution in [1.29, 1.82) is 0 Å². The predicted molar refractivity (Wildman–Crippen MR) is 94.6 cm³/mol. The summed E-state index contributed by atoms with van der Waals surface area (Å²) in [6.07, 6.45) is 0.911. The number of carbonyl (C=O) groups excluding carboxylic acids is 1. The molecule has 2 aromatic carbocycles. The summed E-state index contributed by atoms with van der Waals surface area (Å²) in [7, 11) is 1.34. The summed E-state index contributed by atoms with van der Waals surface area (Å²) in [5, 5.41) is 13.8. The molecule has 0 aromatic heterocycles. The Morgan fingerprint density at radius 3 is 2.60 bits per heavy atom. The lowest BCUT2D eigenvalue weighted by atomic mass is 10.1. The minimum Gasteiger partial charge on any atom is -0.494 e. The van der Waals surface area contributed by atoms with Gasteiger partial charge in [0, 0.05) is 17.3 Å². The number of nitro groups is 1. The molecule has 0 heterocycles. The Balaban J connectivity index is 2.19. The van der Waals surface area contributed by atoms with E-state index in [1.54, 1.807) is 12.1 Å². The van der Waals surface area contributed by atoms with Crippen molar-refractivity contribution in [3.8, 4) is 11.5 Å². The number of hydrogen-bond donors (Lipinski definition) is 1. The Morgan fingerprint density at radius 1 is 1.24 bits per heavy atom. The average molecular weight is 344 g/mol. The van der Waals surface area contributed by atoms with Crippen molar-refractivity contribution < 1.29 is 19.2 Å². The van der Waals surface area contributed by atoms with E-state index < -0.39 is 10.8 Å². The normalized spacial score (nSPS) is 10.2. The smallest absolute Gasteiger partial charge is 0.311 e. The summed E-state index contributed by atoms with van der Waals surface area (Å²) < 4.78 is 10.5. The fraction of sp³-hybridized carbons (Fsp3) is 0.278. The van der Waals surface area contributed by atoms with E-state index in [1.807, 2.05) is 19.9 Å². The fourth-order valence-electron chi connectivity index (χ4n) is 2.25. The van der Waals surface area contributed by atoms with Gasteiger partial charge in [-0.2, -0.15) is 0 Å². The Morgan fingerprint density at radius 2 is 2.00 bits per heavy atom. The number of aryl methyl sites for hydroxylation is 1. The number of nitrogens with zero attached hydrogens (tertiary/aromatic N) is 1. The van der Waals surface area contributed by atoms with Crippen molar-refractivity contribution in [2.75, 3.05) is 19.0 Å². The lowest BCUT2D eigenvalue weighted by Gasteiger charge is -2.11. The number of hydrogen-bond acceptors (Lipinski definition) is 5. The SMILES string of the molecule is CCCOc1ccc(NC(=O)c2ccc(OC)c([N+](=O)[O-])c2)c(C)c1. The molecule has 0 aliphatic carbocycles. The number of carbonyl (C=O) groups is 1. The lowest BCUT2D eigenvalue weighted by Crippen LogP contribution is -2.13. The summed E-state index contributed by atoms with van der Waals surface area (Å²) in [5.74, 6) is 0.406. The van der Waals surface area contributed by atoms with E-state index in [1.165, 1.54) is 25.3 Å². The molecule has 0 bridgehead atoms. The van der Waals surface area contributed by atoms with Crippen LogP contribution in [0.5, 0.6) is 11.5 Å². The van der Waals surface area contributed by atoms with Crippen molar-refractivity contribution in [3.63, 3.8) is 0 Å². The zero-order valence-corrected chi connectivity index (χ0v) is 14.4. The molecule has 0 saturated heterocycles. The van der Waals surface area contributed by atoms with Gasteiger partial charge in [0.05, 0.1) is 18.6 Å². The zero-order valence-electron chi connectivity index (χ0n) is 14.4. The van der Waals surface area contributed by atoms with Crippen LogP contribution in [0.2, 0.25) is 0 Å². The highest BCUT2D eigenvalue weighted by Gasteiger charge is 2.18. The highest BCUT2D eigenvalue weighted by atomic mass is 16.6. The maximum atomic E-state index is 12.4. The molecular formula is C18H20N2O5. The number of nitrogens with one attached hydrogen (secondary N) is 1. The van der Waals surface area contributed by atoms with Crippen LogP contribution < -0.4 is 14.8 Å². The van der Waals surface area contributed by atoms with E-state index in [-0.39, 0.29) is 17.0 Å². The molecule has 1 amide bonds. The van der Waals surface area contributed by atoms with E-state index in [0.29, 0.717) is 12.3 Å². The summed E-state index contributed by atoms with van der Waals surface area (Å²) in [5.41, 5.74) is 1.38. The monoisotopic (exact) mass is 344 g/mol. The first-order valence-corrected chi connectivity index (χ1v) is 7.83. The number of benzene rings is 2. The Bertz CT molecular complexity index is 789. The summed E-state index contributed by atoms with van der Waals surface area (Å²) in [6.45, 7) is 4.50. The van der Waals surface area contributed by atoms with Gasteiger partial charge in [-0.1, -0.05) is 6.92 Å². The van der Waals surface area contributed by atoms with Crippen molar-refractivity contribution in [1.82, 2.24) is 0 Å². The molecule has 0 spiro atoms. The molecule has 0 saturated carbocycles. The zero-order chi connectivity index (χ0) is 18.4. The maximum absolute atomic E-state index is 12.4. The van der Waals surface area contributed by atoms with Gasteiger partial charge in [-0.15, -0.1) is 0 Å². The van der Waals surface area contributed by atoms with Crippen molar-refractivity contribution in [3.05, 3.63) is 57.6 Å². The molecule has 7 nitrogen and oxygen atoms in total. The molecule has 0 radical (unpaired) electrons. The Labute approximate surface area is 145 Å². The predicted octanol–water partition coefficient (Wildman–Crippen LogP) is 3.95. The molecule has 2 aromatic rings. The molecule has 0 fully saturated rings. The van der Waals surface area contributed by atoms with Gasteiger partial charge in [-0.25, -0.2) is 0 Å². The van der Waals surface area contributed by atoms with Gasteiger partial charge in [0.2, 0.25) is 0 Å². The van der Waals surface area contributed by atoms with Crippen molar-refractivity contribution in [2.45, 2.75) is 20.3 Å². The lowest BCUT2D eigenvalue weighted by molar-refractivity contribution is -0.385. The average Bonchev–Trinajstić information content (AvgIpc) is 2.61. The van der Waals surface area contributed by atoms with E-state index in [9.17, 15) is 14.9 Å². The van der Waals surface area contributed by atoms with Gasteiger partial charge in [0.25, 0.3) is 5.91 Å². The number of nitro benzene ring substituents is 1. The molecule has 132 valence electrons. The topological polar surface area (TPSA) is 90.7 Å². The van der Waals surface area contributed by atoms with E-state index in [4.69, 9.17) is 9.47 Å². The second-order valence-electron chi connectivity index (χ2n) is 5.42. The maximum Gasteiger partial charge on any atom is 0.311 e. The number of rotatable bonds is 7. The molecule has 2 rings (SSSR count). The largest absolute Gasteiger partial charge is 0.494 e. The molecule has 0 aliphatic rings. The van der Waals surface area contributed by atoms with Crippen LogP contribution in [0.3, 0.4) is 0 Å². The van der Waals surface area contributed by atoms with E-state index >= 15 is 0 Å². The number of ether oxygens (including phenoxy) is 2. The summed E-state index contributed by atoms with van der Waals surface area (Å²) >= 11 is 0. The van der Waals surface area contributed by atoms with Crippen LogP contribution in [0.25, 0.3) is 0 Å². The molecule has 1 N–H and O–H groups in total. The van der Waals surface area contributed by atoms with Crippen LogP contribution in [-0.4, -0.2) is 24.5 Å². The van der Waals surface area contributed by atoms with Gasteiger partial charge >= 0.3 is 5.69 Å². The highest BCUT2D eigenvalue weighted by Crippen LogP contribution is 2.28. The number of methoxy groups -OCH3 is 1. The quantitative estimate of drug-likeness (QED) is 0.606. The summed E-state index contributed by atoms with van der Waals surface area (Å²) in [6, 6.07) is 9.44. The van der Waals surface area contributed by atoms with Crippen LogP contribution in [-0.2, 0) is 0 Å². The molecule has 7 heteroatoms. The van der Waals surface area contributed by atoms with Gasteiger partial charge in [-0.3, -0.25) is 14.9 Å². The Kier molecular flexibility index (Phi) is 5.94. The minimum atomic E-state index is -0.583. The van der Waals surface area contributed by atoms with Gasteiger partial charge in [0.1, 0.15) is 5.75 Å². The van der Waals surface area contributed by atoms with Crippen LogP contribution in [0.15, 0.2) is 36.4 Å². The third kappa shape index (κ3) is 4.47. The Hall–Kier alpha value is -3.09. The van der Waals surface area contributed by atoms with Gasteiger partial charge < -0.3 is 14.8 Å². The molecule has 25 heavy (non-hydrogen) atoms. The standard InChI is InChI=1S/C18H20N2O5/c1-4-9-25-14-6-7-15(12(2)10-14)19-18(21)13-5-8-17(24-3)16(11-13)20(22)23/h5-8,10-11H,4,9H2,1-3H3,(H,19,21). The number of anilines is 1. The molecule has 0 aliphatic heterocycles. The second kappa shape index (κ2) is 8.14. The fourth-order valence-corrected chi connectivity index (χ4v) is 2.25.